The topological polar surface area (TPSA) is 78.7 Å². The zero-order valence-electron chi connectivity index (χ0n) is 16.4. The molecule has 2 amide bonds. The molecule has 0 unspecified atom stereocenters. The third kappa shape index (κ3) is 4.88. The molecule has 4 rings (SSSR count). The van der Waals surface area contributed by atoms with E-state index in [2.05, 4.69) is 15.6 Å². The Morgan fingerprint density at radius 3 is 2.90 bits per heavy atom. The quantitative estimate of drug-likeness (QED) is 0.604. The number of piperazine rings is 1. The summed E-state index contributed by atoms with van der Waals surface area (Å²) in [6.07, 6.45) is -0.969. The van der Waals surface area contributed by atoms with Gasteiger partial charge in [0.2, 0.25) is 11.8 Å². The maximum atomic E-state index is 13.3. The zero-order valence-corrected chi connectivity index (χ0v) is 17.2. The Morgan fingerprint density at radius 1 is 1.32 bits per heavy atom. The van der Waals surface area contributed by atoms with Gasteiger partial charge < -0.3 is 10.6 Å². The number of hydrogen-bond donors (Lipinski definition) is 2. The van der Waals surface area contributed by atoms with Gasteiger partial charge in [-0.05, 0) is 11.6 Å². The van der Waals surface area contributed by atoms with Crippen LogP contribution in [-0.4, -0.2) is 45.2 Å². The summed E-state index contributed by atoms with van der Waals surface area (Å²) in [5, 5.41) is 7.33. The van der Waals surface area contributed by atoms with Crippen molar-refractivity contribution in [3.8, 4) is 0 Å². The first-order valence-corrected chi connectivity index (χ1v) is 10.5. The van der Waals surface area contributed by atoms with Crippen LogP contribution in [0.1, 0.15) is 23.2 Å². The molecule has 0 aliphatic carbocycles. The molecule has 1 saturated heterocycles. The summed E-state index contributed by atoms with van der Waals surface area (Å²) >= 11 is 1.47. The molecule has 3 aromatic rings. The number of halogens is 3. The number of rotatable bonds is 6. The molecule has 2 N–H and O–H groups in total. The molecule has 0 spiro atoms. The highest BCUT2D eigenvalue weighted by Crippen LogP contribution is 2.32. The SMILES string of the molecule is O=C(C[C@@H]1C(=O)NCCN1Cc1ccccc1C(F)(F)F)NCc1cn2ccsc2n1. The molecular weight excluding hydrogens is 431 g/mol. The number of imidazole rings is 1. The minimum Gasteiger partial charge on any atom is -0.353 e. The second-order valence-corrected chi connectivity index (χ2v) is 8.11. The van der Waals surface area contributed by atoms with Crippen molar-refractivity contribution in [2.24, 2.45) is 0 Å². The minimum absolute atomic E-state index is 0.0711. The average molecular weight is 451 g/mol. The Hall–Kier alpha value is -2.92. The maximum absolute atomic E-state index is 13.3. The fourth-order valence-corrected chi connectivity index (χ4v) is 4.34. The molecule has 3 heterocycles. The number of hydrogen-bond acceptors (Lipinski definition) is 5. The summed E-state index contributed by atoms with van der Waals surface area (Å²) in [5.74, 6) is -0.735. The van der Waals surface area contributed by atoms with Crippen LogP contribution >= 0.6 is 11.3 Å². The van der Waals surface area contributed by atoms with Gasteiger partial charge in [0.15, 0.2) is 4.96 Å². The smallest absolute Gasteiger partial charge is 0.353 e. The van der Waals surface area contributed by atoms with Crippen LogP contribution in [0.3, 0.4) is 0 Å². The van der Waals surface area contributed by atoms with E-state index in [0.717, 1.165) is 11.0 Å². The van der Waals surface area contributed by atoms with Crippen LogP contribution in [0.15, 0.2) is 42.0 Å². The fourth-order valence-electron chi connectivity index (χ4n) is 3.62. The number of aromatic nitrogens is 2. The van der Waals surface area contributed by atoms with Crippen LogP contribution in [0, 0.1) is 0 Å². The van der Waals surface area contributed by atoms with Crippen molar-refractivity contribution < 1.29 is 22.8 Å². The lowest BCUT2D eigenvalue weighted by molar-refractivity contribution is -0.139. The summed E-state index contributed by atoms with van der Waals surface area (Å²) in [7, 11) is 0. The minimum atomic E-state index is -4.49. The van der Waals surface area contributed by atoms with Crippen molar-refractivity contribution >= 4 is 28.1 Å². The third-order valence-corrected chi connectivity index (χ3v) is 5.90. The summed E-state index contributed by atoms with van der Waals surface area (Å²) in [6, 6.07) is 4.44. The van der Waals surface area contributed by atoms with Crippen molar-refractivity contribution in [3.05, 3.63) is 58.9 Å². The lowest BCUT2D eigenvalue weighted by atomic mass is 10.0. The molecule has 0 saturated carbocycles. The second-order valence-electron chi connectivity index (χ2n) is 7.24. The van der Waals surface area contributed by atoms with E-state index in [1.807, 2.05) is 16.0 Å². The van der Waals surface area contributed by atoms with Gasteiger partial charge in [0.05, 0.1) is 30.3 Å². The van der Waals surface area contributed by atoms with Crippen LogP contribution in [0.4, 0.5) is 13.2 Å². The molecule has 1 aliphatic heterocycles. The van der Waals surface area contributed by atoms with Crippen molar-refractivity contribution in [1.82, 2.24) is 24.9 Å². The number of nitrogens with one attached hydrogen (secondary N) is 2. The predicted octanol–water partition coefficient (Wildman–Crippen LogP) is 2.42. The first-order chi connectivity index (χ1) is 14.8. The molecule has 1 fully saturated rings. The normalized spacial score (nSPS) is 17.6. The highest BCUT2D eigenvalue weighted by Gasteiger charge is 2.36. The molecule has 2 aromatic heterocycles. The number of carbonyl (C=O) groups is 2. The van der Waals surface area contributed by atoms with E-state index in [0.29, 0.717) is 18.8 Å². The first kappa shape index (κ1) is 21.3. The van der Waals surface area contributed by atoms with E-state index < -0.39 is 17.8 Å². The van der Waals surface area contributed by atoms with Crippen LogP contribution in [-0.2, 0) is 28.9 Å². The Morgan fingerprint density at radius 2 is 2.13 bits per heavy atom. The Labute approximate surface area is 179 Å². The van der Waals surface area contributed by atoms with Gasteiger partial charge in [0.1, 0.15) is 0 Å². The van der Waals surface area contributed by atoms with E-state index in [9.17, 15) is 22.8 Å². The predicted molar refractivity (Wildman–Crippen MR) is 108 cm³/mol. The van der Waals surface area contributed by atoms with Crippen LogP contribution in [0.5, 0.6) is 0 Å². The molecule has 31 heavy (non-hydrogen) atoms. The van der Waals surface area contributed by atoms with Crippen molar-refractivity contribution in [1.29, 1.82) is 0 Å². The molecule has 1 aliphatic rings. The highest BCUT2D eigenvalue weighted by molar-refractivity contribution is 7.15. The number of nitrogens with zero attached hydrogens (tertiary/aromatic N) is 3. The standard InChI is InChI=1S/C20H20F3N5O2S/c21-20(22,23)15-4-2-1-3-13(15)11-27-6-5-24-18(30)16(27)9-17(29)25-10-14-12-28-7-8-31-19(28)26-14/h1-4,7-8,12,16H,5-6,9-11H2,(H,24,30)(H,25,29)/t16-/m1/s1. The lowest BCUT2D eigenvalue weighted by Crippen LogP contribution is -2.56. The van der Waals surface area contributed by atoms with Gasteiger partial charge in [-0.2, -0.15) is 13.2 Å². The number of fused-ring (bicyclic) bond motifs is 1. The van der Waals surface area contributed by atoms with Crippen molar-refractivity contribution in [2.45, 2.75) is 31.7 Å². The summed E-state index contributed by atoms with van der Waals surface area (Å²) in [4.78, 5) is 31.7. The number of carbonyl (C=O) groups excluding carboxylic acids is 2. The number of thiazole rings is 1. The fraction of sp³-hybridized carbons (Fsp3) is 0.350. The van der Waals surface area contributed by atoms with Gasteiger partial charge in [-0.25, -0.2) is 4.98 Å². The largest absolute Gasteiger partial charge is 0.416 e. The van der Waals surface area contributed by atoms with Gasteiger partial charge in [0, 0.05) is 37.4 Å². The van der Waals surface area contributed by atoms with E-state index in [-0.39, 0.29) is 36.9 Å². The average Bonchev–Trinajstić information content (AvgIpc) is 3.30. The van der Waals surface area contributed by atoms with Gasteiger partial charge in [-0.3, -0.25) is 18.9 Å². The Bertz CT molecular complexity index is 1070. The zero-order chi connectivity index (χ0) is 22.0. The van der Waals surface area contributed by atoms with E-state index in [1.165, 1.54) is 29.5 Å². The molecule has 1 aromatic carbocycles. The first-order valence-electron chi connectivity index (χ1n) is 9.66. The van der Waals surface area contributed by atoms with E-state index >= 15 is 0 Å². The monoisotopic (exact) mass is 451 g/mol. The Balaban J connectivity index is 1.42. The maximum Gasteiger partial charge on any atom is 0.416 e. The molecular formula is C20H20F3N5O2S. The van der Waals surface area contributed by atoms with Gasteiger partial charge in [-0.15, -0.1) is 11.3 Å². The van der Waals surface area contributed by atoms with Gasteiger partial charge in [-0.1, -0.05) is 18.2 Å². The molecule has 1 atom stereocenters. The van der Waals surface area contributed by atoms with Crippen LogP contribution < -0.4 is 10.6 Å². The Kier molecular flexibility index (Phi) is 5.96. The van der Waals surface area contributed by atoms with Crippen LogP contribution in [0.25, 0.3) is 4.96 Å². The number of amides is 2. The van der Waals surface area contributed by atoms with E-state index in [4.69, 9.17) is 0 Å². The number of alkyl halides is 3. The number of benzene rings is 1. The summed E-state index contributed by atoms with van der Waals surface area (Å²) in [5.41, 5.74) is 0.0291. The van der Waals surface area contributed by atoms with Crippen molar-refractivity contribution in [3.63, 3.8) is 0 Å². The molecule has 7 nitrogen and oxygen atoms in total. The molecule has 0 bridgehead atoms. The summed E-state index contributed by atoms with van der Waals surface area (Å²) in [6.45, 7) is 0.806. The molecule has 11 heteroatoms. The van der Waals surface area contributed by atoms with Crippen LogP contribution in [0.2, 0.25) is 0 Å². The lowest BCUT2D eigenvalue weighted by Gasteiger charge is -2.35. The van der Waals surface area contributed by atoms with Gasteiger partial charge >= 0.3 is 6.18 Å². The van der Waals surface area contributed by atoms with Crippen molar-refractivity contribution in [2.75, 3.05) is 13.1 Å². The molecule has 164 valence electrons. The highest BCUT2D eigenvalue weighted by atomic mass is 32.1. The van der Waals surface area contributed by atoms with Gasteiger partial charge in [0.25, 0.3) is 0 Å². The third-order valence-electron chi connectivity index (χ3n) is 5.13. The summed E-state index contributed by atoms with van der Waals surface area (Å²) < 4.78 is 41.8. The molecule has 0 radical (unpaired) electrons. The van der Waals surface area contributed by atoms with E-state index in [1.54, 1.807) is 11.1 Å². The second kappa shape index (κ2) is 8.67.